The summed E-state index contributed by atoms with van der Waals surface area (Å²) in [5, 5.41) is 1.62. The van der Waals surface area contributed by atoms with Crippen LogP contribution in [0.4, 0.5) is 22.7 Å². The summed E-state index contributed by atoms with van der Waals surface area (Å²) in [6.45, 7) is 0.664. The number of nitrogens with one attached hydrogen (secondary N) is 1. The van der Waals surface area contributed by atoms with Crippen LogP contribution in [0.1, 0.15) is 22.3 Å². The number of hydrogen-bond donors (Lipinski definition) is 1. The number of carbonyl (C=O) groups excluding carboxylic acids is 2. The number of hydrogen-bond acceptors (Lipinski definition) is 6. The molecular weight excluding hydrogens is 380 g/mol. The number of esters is 1. The second-order valence-corrected chi connectivity index (χ2v) is 5.68. The van der Waals surface area contributed by atoms with Crippen molar-refractivity contribution in [1.29, 1.82) is 0 Å². The van der Waals surface area contributed by atoms with Crippen LogP contribution < -0.4 is 10.1 Å². The molecule has 0 spiro atoms. The molecule has 1 aromatic carbocycles. The lowest BCUT2D eigenvalue weighted by atomic mass is 10.3. The Balaban J connectivity index is 2.10. The van der Waals surface area contributed by atoms with E-state index in [9.17, 15) is 27.2 Å². The molecule has 2 rings (SSSR count). The molecule has 11 heteroatoms. The highest BCUT2D eigenvalue weighted by Crippen LogP contribution is 2.36. The molecule has 0 aliphatic rings. The molecule has 6 nitrogen and oxygen atoms in total. The lowest BCUT2D eigenvalue weighted by Crippen LogP contribution is -2.20. The molecule has 0 aliphatic carbocycles. The van der Waals surface area contributed by atoms with Crippen LogP contribution in [0.25, 0.3) is 0 Å². The van der Waals surface area contributed by atoms with E-state index in [0.717, 1.165) is 6.07 Å². The first kappa shape index (κ1) is 19.6. The summed E-state index contributed by atoms with van der Waals surface area (Å²) >= 11 is 0.320. The highest BCUT2D eigenvalue weighted by atomic mass is 32.1. The van der Waals surface area contributed by atoms with Gasteiger partial charge in [-0.1, -0.05) is 23.5 Å². The second kappa shape index (κ2) is 8.13. The molecule has 0 bridgehead atoms. The third kappa shape index (κ3) is 4.91. The van der Waals surface area contributed by atoms with Crippen molar-refractivity contribution in [3.8, 4) is 5.75 Å². The largest absolute Gasteiger partial charge is 0.481 e. The molecule has 0 radical (unpaired) electrons. The number of halogens is 4. The van der Waals surface area contributed by atoms with Crippen molar-refractivity contribution in [2.75, 3.05) is 18.5 Å². The minimum Gasteiger partial charge on any atom is -0.481 e. The van der Waals surface area contributed by atoms with Crippen LogP contribution in [0.2, 0.25) is 0 Å². The minimum atomic E-state index is -4.90. The molecule has 1 amide bonds. The minimum absolute atomic E-state index is 0.119. The molecular formula is C15H12F4N2O4S. The second-order valence-electron chi connectivity index (χ2n) is 4.68. The summed E-state index contributed by atoms with van der Waals surface area (Å²) in [5.41, 5.74) is -1.45. The maximum absolute atomic E-state index is 13.4. The molecule has 1 aromatic heterocycles. The van der Waals surface area contributed by atoms with E-state index in [4.69, 9.17) is 4.74 Å². The standard InChI is InChI=1S/C15H12F4N2O4S/c1-2-24-13(23)11-12(15(17,18)19)21-14(26-11)20-10(22)7-25-9-6-4-3-5-8(9)16/h3-6H,2,7H2,1H3,(H,20,21,22). The Bertz CT molecular complexity index is 807. The maximum atomic E-state index is 13.4. The normalized spacial score (nSPS) is 11.1. The Hall–Kier alpha value is -2.69. The number of aromatic nitrogens is 1. The zero-order chi connectivity index (χ0) is 19.3. The predicted molar refractivity (Wildman–Crippen MR) is 83.6 cm³/mol. The van der Waals surface area contributed by atoms with Crippen molar-refractivity contribution in [3.05, 3.63) is 40.7 Å². The topological polar surface area (TPSA) is 77.5 Å². The van der Waals surface area contributed by atoms with Crippen molar-refractivity contribution < 1.29 is 36.6 Å². The Labute approximate surface area is 148 Å². The molecule has 1 heterocycles. The van der Waals surface area contributed by atoms with Crippen LogP contribution in [-0.2, 0) is 15.7 Å². The SMILES string of the molecule is CCOC(=O)c1sc(NC(=O)COc2ccccc2F)nc1C(F)(F)F. The van der Waals surface area contributed by atoms with Gasteiger partial charge in [0.25, 0.3) is 5.91 Å². The highest BCUT2D eigenvalue weighted by molar-refractivity contribution is 7.17. The van der Waals surface area contributed by atoms with E-state index in [1.165, 1.54) is 25.1 Å². The lowest BCUT2D eigenvalue weighted by molar-refractivity contribution is -0.141. The van der Waals surface area contributed by atoms with Gasteiger partial charge >= 0.3 is 12.1 Å². The van der Waals surface area contributed by atoms with E-state index in [1.54, 1.807) is 0 Å². The average molecular weight is 392 g/mol. The van der Waals surface area contributed by atoms with Crippen molar-refractivity contribution in [1.82, 2.24) is 4.98 Å². The van der Waals surface area contributed by atoms with Gasteiger partial charge in [0.05, 0.1) is 6.61 Å². The van der Waals surface area contributed by atoms with E-state index in [1.807, 2.05) is 0 Å². The molecule has 26 heavy (non-hydrogen) atoms. The molecule has 0 atom stereocenters. The number of carbonyl (C=O) groups is 2. The highest BCUT2D eigenvalue weighted by Gasteiger charge is 2.40. The molecule has 140 valence electrons. The zero-order valence-electron chi connectivity index (χ0n) is 13.2. The van der Waals surface area contributed by atoms with Gasteiger partial charge in [0.15, 0.2) is 29.0 Å². The van der Waals surface area contributed by atoms with E-state index in [0.29, 0.717) is 11.3 Å². The molecule has 2 aromatic rings. The summed E-state index contributed by atoms with van der Waals surface area (Å²) in [4.78, 5) is 25.9. The first-order chi connectivity index (χ1) is 12.2. The number of rotatable bonds is 6. The number of thiazole rings is 1. The fraction of sp³-hybridized carbons (Fsp3) is 0.267. The van der Waals surface area contributed by atoms with Crippen molar-refractivity contribution in [2.24, 2.45) is 0 Å². The first-order valence-electron chi connectivity index (χ1n) is 7.14. The number of alkyl halides is 3. The van der Waals surface area contributed by atoms with Gasteiger partial charge in [-0.25, -0.2) is 14.2 Å². The first-order valence-corrected chi connectivity index (χ1v) is 7.96. The summed E-state index contributed by atoms with van der Waals surface area (Å²) < 4.78 is 61.8. The average Bonchev–Trinajstić information content (AvgIpc) is 2.98. The predicted octanol–water partition coefficient (Wildman–Crippen LogP) is 3.50. The summed E-state index contributed by atoms with van der Waals surface area (Å²) in [7, 11) is 0. The molecule has 0 fully saturated rings. The number of para-hydroxylation sites is 1. The van der Waals surface area contributed by atoms with E-state index < -0.39 is 46.2 Å². The summed E-state index contributed by atoms with van der Waals surface area (Å²) in [6.07, 6.45) is -4.90. The zero-order valence-corrected chi connectivity index (χ0v) is 14.0. The third-order valence-corrected chi connectivity index (χ3v) is 3.75. The van der Waals surface area contributed by atoms with Gasteiger partial charge in [0.1, 0.15) is 4.88 Å². The van der Waals surface area contributed by atoms with Gasteiger partial charge in [0.2, 0.25) is 0 Å². The number of nitrogens with zero attached hydrogens (tertiary/aromatic N) is 1. The van der Waals surface area contributed by atoms with Gasteiger partial charge in [-0.3, -0.25) is 10.1 Å². The fourth-order valence-corrected chi connectivity index (χ4v) is 2.66. The number of amides is 1. The monoisotopic (exact) mass is 392 g/mol. The Morgan fingerprint density at radius 2 is 1.96 bits per heavy atom. The van der Waals surface area contributed by atoms with Gasteiger partial charge in [-0.05, 0) is 19.1 Å². The number of benzene rings is 1. The fourth-order valence-electron chi connectivity index (χ4n) is 1.76. The van der Waals surface area contributed by atoms with Gasteiger partial charge < -0.3 is 9.47 Å². The smallest absolute Gasteiger partial charge is 0.435 e. The van der Waals surface area contributed by atoms with Crippen LogP contribution in [0.15, 0.2) is 24.3 Å². The van der Waals surface area contributed by atoms with Crippen LogP contribution in [-0.4, -0.2) is 30.1 Å². The van der Waals surface area contributed by atoms with Crippen LogP contribution in [0.5, 0.6) is 5.75 Å². The Kier molecular flexibility index (Phi) is 6.14. The van der Waals surface area contributed by atoms with Crippen molar-refractivity contribution >= 4 is 28.3 Å². The number of ether oxygens (including phenoxy) is 2. The Morgan fingerprint density at radius 3 is 2.58 bits per heavy atom. The molecule has 0 saturated carbocycles. The Morgan fingerprint density at radius 1 is 1.27 bits per heavy atom. The van der Waals surface area contributed by atoms with Crippen LogP contribution >= 0.6 is 11.3 Å². The summed E-state index contributed by atoms with van der Waals surface area (Å²) in [5.74, 6) is -2.95. The van der Waals surface area contributed by atoms with Crippen LogP contribution in [0, 0.1) is 5.82 Å². The summed E-state index contributed by atoms with van der Waals surface area (Å²) in [6, 6.07) is 5.31. The maximum Gasteiger partial charge on any atom is 0.435 e. The van der Waals surface area contributed by atoms with E-state index >= 15 is 0 Å². The van der Waals surface area contributed by atoms with E-state index in [2.05, 4.69) is 15.0 Å². The molecule has 1 N–H and O–H groups in total. The molecule has 0 aliphatic heterocycles. The van der Waals surface area contributed by atoms with Gasteiger partial charge in [0, 0.05) is 0 Å². The number of anilines is 1. The third-order valence-electron chi connectivity index (χ3n) is 2.80. The van der Waals surface area contributed by atoms with Crippen LogP contribution in [0.3, 0.4) is 0 Å². The van der Waals surface area contributed by atoms with Gasteiger partial charge in [-0.2, -0.15) is 13.2 Å². The molecule has 0 unspecified atom stereocenters. The quantitative estimate of drug-likeness (QED) is 0.602. The van der Waals surface area contributed by atoms with Crippen molar-refractivity contribution in [2.45, 2.75) is 13.1 Å². The van der Waals surface area contributed by atoms with Gasteiger partial charge in [-0.15, -0.1) is 0 Å². The van der Waals surface area contributed by atoms with Crippen molar-refractivity contribution in [3.63, 3.8) is 0 Å². The molecule has 0 saturated heterocycles. The van der Waals surface area contributed by atoms with E-state index in [-0.39, 0.29) is 12.4 Å². The lowest BCUT2D eigenvalue weighted by Gasteiger charge is -2.06.